The summed E-state index contributed by atoms with van der Waals surface area (Å²) in [5, 5.41) is 0. The Morgan fingerprint density at radius 1 is 1.64 bits per heavy atom. The van der Waals surface area contributed by atoms with Crippen LogP contribution in [0.2, 0.25) is 0 Å². The van der Waals surface area contributed by atoms with Crippen molar-refractivity contribution in [1.29, 1.82) is 0 Å². The summed E-state index contributed by atoms with van der Waals surface area (Å²) in [6.45, 7) is 2.18. The highest BCUT2D eigenvalue weighted by Gasteiger charge is 2.20. The van der Waals surface area contributed by atoms with Crippen LogP contribution in [-0.2, 0) is 9.53 Å². The number of carbonyl (C=O) groups excluding carboxylic acids is 1. The Morgan fingerprint density at radius 2 is 2.50 bits per heavy atom. The zero-order chi connectivity index (χ0) is 9.97. The van der Waals surface area contributed by atoms with Gasteiger partial charge in [0.1, 0.15) is 0 Å². The van der Waals surface area contributed by atoms with Crippen LogP contribution in [-0.4, -0.2) is 24.6 Å². The molecular formula is C10H10N2O2. The molecule has 2 rings (SSSR count). The number of aliphatic imine (C=N–C) groups is 2. The monoisotopic (exact) mass is 190 g/mol. The second-order valence-corrected chi connectivity index (χ2v) is 2.97. The number of hydrogen-bond donors (Lipinski definition) is 0. The molecule has 2 aliphatic rings. The molecule has 4 nitrogen and oxygen atoms in total. The third-order valence-corrected chi connectivity index (χ3v) is 2.02. The third-order valence-electron chi connectivity index (χ3n) is 2.02. The van der Waals surface area contributed by atoms with E-state index < -0.39 is 0 Å². The number of rotatable bonds is 2. The molecule has 0 aromatic rings. The minimum absolute atomic E-state index is 0.289. The van der Waals surface area contributed by atoms with Crippen molar-refractivity contribution in [2.24, 2.45) is 9.98 Å². The molecule has 0 aliphatic carbocycles. The molecule has 0 spiro atoms. The van der Waals surface area contributed by atoms with Gasteiger partial charge in [0, 0.05) is 24.4 Å². The molecule has 0 atom stereocenters. The van der Waals surface area contributed by atoms with Crippen LogP contribution in [0.3, 0.4) is 0 Å². The highest BCUT2D eigenvalue weighted by Crippen LogP contribution is 2.22. The Morgan fingerprint density at radius 3 is 3.29 bits per heavy atom. The lowest BCUT2D eigenvalue weighted by Crippen LogP contribution is -2.12. The van der Waals surface area contributed by atoms with Gasteiger partial charge in [-0.3, -0.25) is 0 Å². The molecular weight excluding hydrogens is 180 g/mol. The van der Waals surface area contributed by atoms with Gasteiger partial charge in [-0.1, -0.05) is 0 Å². The van der Waals surface area contributed by atoms with E-state index >= 15 is 0 Å². The van der Waals surface area contributed by atoms with E-state index in [4.69, 9.17) is 4.74 Å². The first-order chi connectivity index (χ1) is 6.81. The SMILES string of the molecule is CCOC(=O)C1=CN=C2N=CC=C2C1. The van der Waals surface area contributed by atoms with Gasteiger partial charge < -0.3 is 4.74 Å². The maximum absolute atomic E-state index is 11.4. The normalized spacial score (nSPS) is 18.2. The summed E-state index contributed by atoms with van der Waals surface area (Å²) < 4.78 is 4.89. The number of nitrogens with zero attached hydrogens (tertiary/aromatic N) is 2. The summed E-state index contributed by atoms with van der Waals surface area (Å²) in [6, 6.07) is 0. The first kappa shape index (κ1) is 8.87. The van der Waals surface area contributed by atoms with Crippen molar-refractivity contribution in [2.45, 2.75) is 13.3 Å². The summed E-state index contributed by atoms with van der Waals surface area (Å²) in [6.07, 6.45) is 5.66. The molecule has 0 saturated heterocycles. The molecule has 2 heterocycles. The predicted octanol–water partition coefficient (Wildman–Crippen LogP) is 1.25. The molecule has 0 saturated carbocycles. The number of amidine groups is 1. The summed E-state index contributed by atoms with van der Waals surface area (Å²) in [7, 11) is 0. The van der Waals surface area contributed by atoms with Gasteiger partial charge >= 0.3 is 5.97 Å². The number of fused-ring (bicyclic) bond motifs is 1. The lowest BCUT2D eigenvalue weighted by atomic mass is 10.0. The Kier molecular flexibility index (Phi) is 2.26. The van der Waals surface area contributed by atoms with E-state index in [1.807, 2.05) is 6.08 Å². The fourth-order valence-corrected chi connectivity index (χ4v) is 1.35. The Bertz CT molecular complexity index is 389. The van der Waals surface area contributed by atoms with Crippen molar-refractivity contribution in [3.05, 3.63) is 23.4 Å². The van der Waals surface area contributed by atoms with E-state index in [2.05, 4.69) is 9.98 Å². The van der Waals surface area contributed by atoms with Crippen molar-refractivity contribution < 1.29 is 9.53 Å². The van der Waals surface area contributed by atoms with E-state index in [1.54, 1.807) is 13.1 Å². The lowest BCUT2D eigenvalue weighted by Gasteiger charge is -2.10. The Balaban J connectivity index is 2.15. The summed E-state index contributed by atoms with van der Waals surface area (Å²) in [5.74, 6) is 0.418. The van der Waals surface area contributed by atoms with Gasteiger partial charge in [-0.15, -0.1) is 0 Å². The molecule has 0 aromatic carbocycles. The fourth-order valence-electron chi connectivity index (χ4n) is 1.35. The highest BCUT2D eigenvalue weighted by atomic mass is 16.5. The lowest BCUT2D eigenvalue weighted by molar-refractivity contribution is -0.138. The number of esters is 1. The molecule has 2 aliphatic heterocycles. The van der Waals surface area contributed by atoms with Crippen LogP contribution in [0.4, 0.5) is 0 Å². The molecule has 0 radical (unpaired) electrons. The fraction of sp³-hybridized carbons (Fsp3) is 0.300. The van der Waals surface area contributed by atoms with Crippen molar-refractivity contribution >= 4 is 18.0 Å². The zero-order valence-electron chi connectivity index (χ0n) is 7.86. The van der Waals surface area contributed by atoms with Crippen LogP contribution in [0.15, 0.2) is 33.4 Å². The van der Waals surface area contributed by atoms with Crippen LogP contribution in [0.5, 0.6) is 0 Å². The van der Waals surface area contributed by atoms with E-state index in [1.165, 1.54) is 6.20 Å². The Labute approximate surface area is 81.7 Å². The van der Waals surface area contributed by atoms with Gasteiger partial charge in [0.25, 0.3) is 0 Å². The van der Waals surface area contributed by atoms with E-state index in [0.29, 0.717) is 24.4 Å². The molecule has 4 heteroatoms. The number of hydrogen-bond acceptors (Lipinski definition) is 4. The molecule has 0 amide bonds. The van der Waals surface area contributed by atoms with Gasteiger partial charge in [-0.25, -0.2) is 14.8 Å². The predicted molar refractivity (Wildman–Crippen MR) is 53.3 cm³/mol. The van der Waals surface area contributed by atoms with Gasteiger partial charge in [-0.2, -0.15) is 0 Å². The molecule has 72 valence electrons. The zero-order valence-corrected chi connectivity index (χ0v) is 7.86. The average Bonchev–Trinajstić information content (AvgIpc) is 2.64. The Hall–Kier alpha value is -1.71. The minimum Gasteiger partial charge on any atom is -0.463 e. The van der Waals surface area contributed by atoms with Crippen LogP contribution >= 0.6 is 0 Å². The number of ether oxygens (including phenoxy) is 1. The maximum Gasteiger partial charge on any atom is 0.335 e. The third kappa shape index (κ3) is 1.51. The highest BCUT2D eigenvalue weighted by molar-refractivity contribution is 6.13. The van der Waals surface area contributed by atoms with Crippen molar-refractivity contribution in [3.63, 3.8) is 0 Å². The first-order valence-electron chi connectivity index (χ1n) is 4.49. The van der Waals surface area contributed by atoms with Gasteiger partial charge in [0.2, 0.25) is 0 Å². The second kappa shape index (κ2) is 3.57. The average molecular weight is 190 g/mol. The van der Waals surface area contributed by atoms with Crippen LogP contribution in [0.25, 0.3) is 0 Å². The van der Waals surface area contributed by atoms with Gasteiger partial charge in [0.15, 0.2) is 5.84 Å². The number of allylic oxidation sites excluding steroid dienone is 1. The van der Waals surface area contributed by atoms with Crippen LogP contribution in [0.1, 0.15) is 13.3 Å². The molecule has 0 aromatic heterocycles. The topological polar surface area (TPSA) is 51.0 Å². The molecule has 0 fully saturated rings. The first-order valence-corrected chi connectivity index (χ1v) is 4.49. The largest absolute Gasteiger partial charge is 0.463 e. The smallest absolute Gasteiger partial charge is 0.335 e. The quantitative estimate of drug-likeness (QED) is 0.615. The van der Waals surface area contributed by atoms with Gasteiger partial charge in [0.05, 0.1) is 12.2 Å². The summed E-state index contributed by atoms with van der Waals surface area (Å²) in [4.78, 5) is 19.5. The molecule has 0 bridgehead atoms. The summed E-state index contributed by atoms with van der Waals surface area (Å²) >= 11 is 0. The molecule has 0 N–H and O–H groups in total. The van der Waals surface area contributed by atoms with Gasteiger partial charge in [-0.05, 0) is 13.0 Å². The van der Waals surface area contributed by atoms with E-state index in [9.17, 15) is 4.79 Å². The molecule has 14 heavy (non-hydrogen) atoms. The van der Waals surface area contributed by atoms with Crippen LogP contribution in [0, 0.1) is 0 Å². The minimum atomic E-state index is -0.289. The van der Waals surface area contributed by atoms with Crippen molar-refractivity contribution in [2.75, 3.05) is 6.61 Å². The van der Waals surface area contributed by atoms with E-state index in [0.717, 1.165) is 5.57 Å². The summed E-state index contributed by atoms with van der Waals surface area (Å²) in [5.41, 5.74) is 1.57. The standard InChI is InChI=1S/C10H10N2O2/c1-2-14-10(13)8-5-7-3-4-11-9(7)12-6-8/h3-4,6H,2,5H2,1H3. The van der Waals surface area contributed by atoms with Crippen molar-refractivity contribution in [3.8, 4) is 0 Å². The number of carbonyl (C=O) groups is 1. The maximum atomic E-state index is 11.4. The van der Waals surface area contributed by atoms with E-state index in [-0.39, 0.29) is 5.97 Å². The second-order valence-electron chi connectivity index (χ2n) is 2.97. The van der Waals surface area contributed by atoms with Crippen molar-refractivity contribution in [1.82, 2.24) is 0 Å². The molecule has 0 unspecified atom stereocenters. The van der Waals surface area contributed by atoms with Crippen LogP contribution < -0.4 is 0 Å².